The second kappa shape index (κ2) is 9.45. The normalized spacial score (nSPS) is 21.8. The van der Waals surface area contributed by atoms with Gasteiger partial charge in [0.25, 0.3) is 0 Å². The minimum atomic E-state index is -3.73. The van der Waals surface area contributed by atoms with Crippen molar-refractivity contribution in [3.8, 4) is 0 Å². The van der Waals surface area contributed by atoms with Crippen LogP contribution in [0, 0.1) is 11.8 Å². The summed E-state index contributed by atoms with van der Waals surface area (Å²) >= 11 is 0. The molecule has 166 valence electrons. The van der Waals surface area contributed by atoms with E-state index in [0.29, 0.717) is 38.0 Å². The lowest BCUT2D eigenvalue weighted by Crippen LogP contribution is -2.49. The second-order valence-corrected chi connectivity index (χ2v) is 10.3. The molecule has 30 heavy (non-hydrogen) atoms. The Bertz CT molecular complexity index is 869. The Morgan fingerprint density at radius 1 is 1.20 bits per heavy atom. The summed E-state index contributed by atoms with van der Waals surface area (Å²) in [6.07, 6.45) is 2.54. The zero-order valence-electron chi connectivity index (χ0n) is 17.6. The molecule has 1 aromatic carbocycles. The van der Waals surface area contributed by atoms with Crippen LogP contribution in [-0.4, -0.2) is 61.9 Å². The molecule has 2 aliphatic rings. The van der Waals surface area contributed by atoms with E-state index in [9.17, 15) is 23.1 Å². The highest BCUT2D eigenvalue weighted by atomic mass is 32.2. The molecule has 0 unspecified atom stereocenters. The molecule has 0 spiro atoms. The molecule has 2 N–H and O–H groups in total. The maximum absolute atomic E-state index is 13.1. The van der Waals surface area contributed by atoms with Crippen LogP contribution in [0.25, 0.3) is 0 Å². The molecule has 0 aliphatic carbocycles. The zero-order valence-corrected chi connectivity index (χ0v) is 18.4. The van der Waals surface area contributed by atoms with Crippen molar-refractivity contribution >= 4 is 27.5 Å². The first kappa shape index (κ1) is 22.7. The van der Waals surface area contributed by atoms with E-state index < -0.39 is 15.9 Å². The highest BCUT2D eigenvalue weighted by Gasteiger charge is 2.34. The van der Waals surface area contributed by atoms with Crippen molar-refractivity contribution < 1.29 is 23.1 Å². The average molecular weight is 438 g/mol. The monoisotopic (exact) mass is 437 g/mol. The van der Waals surface area contributed by atoms with Crippen LogP contribution in [0.2, 0.25) is 0 Å². The minimum absolute atomic E-state index is 0.0538. The lowest BCUT2D eigenvalue weighted by atomic mass is 9.97. The van der Waals surface area contributed by atoms with E-state index in [2.05, 4.69) is 5.32 Å². The van der Waals surface area contributed by atoms with Crippen LogP contribution in [0.3, 0.4) is 0 Å². The Morgan fingerprint density at radius 2 is 1.90 bits per heavy atom. The van der Waals surface area contributed by atoms with Gasteiger partial charge in [0.15, 0.2) is 0 Å². The van der Waals surface area contributed by atoms with Crippen LogP contribution in [-0.2, 0) is 19.6 Å². The Labute approximate surface area is 178 Å². The van der Waals surface area contributed by atoms with E-state index in [1.807, 2.05) is 13.8 Å². The molecule has 2 atom stereocenters. The summed E-state index contributed by atoms with van der Waals surface area (Å²) in [5.41, 5.74) is 0.705. The first-order valence-electron chi connectivity index (χ1n) is 10.6. The quantitative estimate of drug-likeness (QED) is 0.670. The maximum Gasteiger partial charge on any atom is 0.243 e. The number of sulfonamides is 1. The van der Waals surface area contributed by atoms with Gasteiger partial charge < -0.3 is 15.3 Å². The van der Waals surface area contributed by atoms with Gasteiger partial charge >= 0.3 is 0 Å². The number of aliphatic hydroxyl groups is 1. The van der Waals surface area contributed by atoms with Crippen LogP contribution >= 0.6 is 0 Å². The van der Waals surface area contributed by atoms with Crippen LogP contribution in [0.15, 0.2) is 29.2 Å². The van der Waals surface area contributed by atoms with Crippen molar-refractivity contribution in [1.29, 1.82) is 0 Å². The molecule has 2 saturated heterocycles. The Morgan fingerprint density at radius 3 is 2.47 bits per heavy atom. The van der Waals surface area contributed by atoms with Crippen LogP contribution < -0.4 is 10.2 Å². The minimum Gasteiger partial charge on any atom is -0.394 e. The van der Waals surface area contributed by atoms with Crippen LogP contribution in [0.4, 0.5) is 5.69 Å². The molecule has 2 fully saturated rings. The molecule has 8 nitrogen and oxygen atoms in total. The third kappa shape index (κ3) is 4.84. The highest BCUT2D eigenvalue weighted by molar-refractivity contribution is 7.89. The number of nitrogens with zero attached hydrogens (tertiary/aromatic N) is 2. The number of aliphatic hydroxyl groups excluding tert-OH is 1. The van der Waals surface area contributed by atoms with Gasteiger partial charge in [-0.2, -0.15) is 4.31 Å². The van der Waals surface area contributed by atoms with Gasteiger partial charge in [-0.25, -0.2) is 8.42 Å². The van der Waals surface area contributed by atoms with Gasteiger partial charge in [-0.15, -0.1) is 0 Å². The summed E-state index contributed by atoms with van der Waals surface area (Å²) in [5, 5.41) is 12.3. The molecule has 1 aromatic rings. The summed E-state index contributed by atoms with van der Waals surface area (Å²) in [6.45, 7) is 4.82. The SMILES string of the molecule is CC(C)[C@@H](CO)NC(=O)[C@@H]1CCCN(S(=O)(=O)c2ccc(N3CCCC3=O)cc2)C1. The smallest absolute Gasteiger partial charge is 0.243 e. The van der Waals surface area contributed by atoms with E-state index in [1.165, 1.54) is 16.4 Å². The fourth-order valence-electron chi connectivity index (χ4n) is 3.97. The average Bonchev–Trinajstić information content (AvgIpc) is 3.17. The molecule has 0 bridgehead atoms. The molecule has 2 heterocycles. The molecule has 3 rings (SSSR count). The van der Waals surface area contributed by atoms with Crippen molar-refractivity contribution in [2.75, 3.05) is 31.1 Å². The van der Waals surface area contributed by atoms with Gasteiger partial charge in [-0.05, 0) is 49.4 Å². The predicted octanol–water partition coefficient (Wildman–Crippen LogP) is 1.35. The number of carbonyl (C=O) groups is 2. The topological polar surface area (TPSA) is 107 Å². The molecule has 0 saturated carbocycles. The largest absolute Gasteiger partial charge is 0.394 e. The highest BCUT2D eigenvalue weighted by Crippen LogP contribution is 2.27. The van der Waals surface area contributed by atoms with E-state index in [0.717, 1.165) is 6.42 Å². The number of hydrogen-bond acceptors (Lipinski definition) is 5. The predicted molar refractivity (Wildman–Crippen MR) is 113 cm³/mol. The summed E-state index contributed by atoms with van der Waals surface area (Å²) in [6, 6.07) is 6.05. The third-order valence-electron chi connectivity index (χ3n) is 5.94. The standard InChI is InChI=1S/C21H31N3O5S/c1-15(2)19(14-25)22-21(27)16-5-3-11-23(13-16)30(28,29)18-9-7-17(8-10-18)24-12-4-6-20(24)26/h7-10,15-16,19,25H,3-6,11-14H2,1-2H3,(H,22,27)/t16-,19-/m1/s1. The lowest BCUT2D eigenvalue weighted by Gasteiger charge is -2.32. The maximum atomic E-state index is 13.1. The van der Waals surface area contributed by atoms with E-state index in [4.69, 9.17) is 0 Å². The third-order valence-corrected chi connectivity index (χ3v) is 7.82. The molecule has 0 aromatic heterocycles. The Balaban J connectivity index is 1.69. The van der Waals surface area contributed by atoms with Gasteiger partial charge in [0.2, 0.25) is 21.8 Å². The van der Waals surface area contributed by atoms with Crippen molar-refractivity contribution in [2.45, 2.75) is 50.5 Å². The van der Waals surface area contributed by atoms with Crippen molar-refractivity contribution in [3.05, 3.63) is 24.3 Å². The summed E-state index contributed by atoms with van der Waals surface area (Å²) in [7, 11) is -3.73. The number of nitrogens with one attached hydrogen (secondary N) is 1. The summed E-state index contributed by atoms with van der Waals surface area (Å²) in [4.78, 5) is 26.3. The number of amides is 2. The number of piperidine rings is 1. The number of anilines is 1. The van der Waals surface area contributed by atoms with Gasteiger partial charge in [0, 0.05) is 31.7 Å². The number of benzene rings is 1. The fourth-order valence-corrected chi connectivity index (χ4v) is 5.49. The van der Waals surface area contributed by atoms with Crippen molar-refractivity contribution in [3.63, 3.8) is 0 Å². The molecule has 2 aliphatic heterocycles. The lowest BCUT2D eigenvalue weighted by molar-refractivity contribution is -0.127. The number of hydrogen-bond donors (Lipinski definition) is 2. The van der Waals surface area contributed by atoms with Crippen LogP contribution in [0.1, 0.15) is 39.5 Å². The molecular formula is C21H31N3O5S. The molecular weight excluding hydrogens is 406 g/mol. The first-order chi connectivity index (χ1) is 14.2. The molecule has 2 amide bonds. The summed E-state index contributed by atoms with van der Waals surface area (Å²) in [5.74, 6) is -0.519. The molecule has 9 heteroatoms. The van der Waals surface area contributed by atoms with E-state index >= 15 is 0 Å². The van der Waals surface area contributed by atoms with Crippen LogP contribution in [0.5, 0.6) is 0 Å². The zero-order chi connectivity index (χ0) is 21.9. The number of carbonyl (C=O) groups excluding carboxylic acids is 2. The summed E-state index contributed by atoms with van der Waals surface area (Å²) < 4.78 is 27.6. The molecule has 0 radical (unpaired) electrons. The van der Waals surface area contributed by atoms with E-state index in [1.54, 1.807) is 17.0 Å². The van der Waals surface area contributed by atoms with Gasteiger partial charge in [0.05, 0.1) is 23.5 Å². The first-order valence-corrected chi connectivity index (χ1v) is 12.0. The Hall–Kier alpha value is -1.97. The van der Waals surface area contributed by atoms with Crippen molar-refractivity contribution in [2.24, 2.45) is 11.8 Å². The van der Waals surface area contributed by atoms with Crippen molar-refractivity contribution in [1.82, 2.24) is 9.62 Å². The fraction of sp³-hybridized carbons (Fsp3) is 0.619. The van der Waals surface area contributed by atoms with E-state index in [-0.39, 0.29) is 41.8 Å². The number of rotatable bonds is 7. The van der Waals surface area contributed by atoms with Gasteiger partial charge in [0.1, 0.15) is 0 Å². The Kier molecular flexibility index (Phi) is 7.15. The van der Waals surface area contributed by atoms with Gasteiger partial charge in [-0.3, -0.25) is 9.59 Å². The second-order valence-electron chi connectivity index (χ2n) is 8.39. The van der Waals surface area contributed by atoms with Gasteiger partial charge in [-0.1, -0.05) is 13.8 Å².